The molecule has 0 bridgehead atoms. The molecule has 1 unspecified atom stereocenters. The summed E-state index contributed by atoms with van der Waals surface area (Å²) in [5.41, 5.74) is 1.94. The van der Waals surface area contributed by atoms with Crippen LogP contribution in [0, 0.1) is 6.92 Å². The number of halogens is 2. The van der Waals surface area contributed by atoms with Crippen molar-refractivity contribution in [2.75, 3.05) is 17.4 Å². The number of carbonyl (C=O) groups is 2. The molecule has 3 aromatic rings. The van der Waals surface area contributed by atoms with Crippen LogP contribution in [0.2, 0.25) is 10.0 Å². The number of aryl methyl sites for hydroxylation is 1. The molecule has 0 saturated carbocycles. The van der Waals surface area contributed by atoms with Gasteiger partial charge in [-0.25, -0.2) is 8.42 Å². The Bertz CT molecular complexity index is 1360. The molecule has 3 aromatic carbocycles. The second-order valence-corrected chi connectivity index (χ2v) is 11.9. The van der Waals surface area contributed by atoms with E-state index in [0.29, 0.717) is 23.0 Å². The van der Waals surface area contributed by atoms with Crippen LogP contribution in [0.4, 0.5) is 5.69 Å². The third-order valence-electron chi connectivity index (χ3n) is 6.20. The van der Waals surface area contributed by atoms with Crippen molar-refractivity contribution in [3.05, 3.63) is 94.0 Å². The summed E-state index contributed by atoms with van der Waals surface area (Å²) >= 11 is 12.1. The van der Waals surface area contributed by atoms with Gasteiger partial charge in [-0.2, -0.15) is 0 Å². The van der Waals surface area contributed by atoms with Gasteiger partial charge in [-0.15, -0.1) is 0 Å². The minimum Gasteiger partial charge on any atom is -0.354 e. The molecule has 208 valence electrons. The quantitative estimate of drug-likeness (QED) is 0.288. The van der Waals surface area contributed by atoms with Gasteiger partial charge in [-0.1, -0.05) is 66.9 Å². The summed E-state index contributed by atoms with van der Waals surface area (Å²) in [6.07, 6.45) is 1.09. The van der Waals surface area contributed by atoms with Crippen LogP contribution in [0.15, 0.2) is 77.7 Å². The molecular weight excluding hydrogens is 557 g/mol. The zero-order chi connectivity index (χ0) is 28.6. The molecule has 3 rings (SSSR count). The second kappa shape index (κ2) is 13.8. The molecule has 0 aromatic heterocycles. The number of anilines is 1. The molecule has 39 heavy (non-hydrogen) atoms. The van der Waals surface area contributed by atoms with Crippen LogP contribution in [0.5, 0.6) is 0 Å². The van der Waals surface area contributed by atoms with Crippen LogP contribution in [-0.2, 0) is 26.2 Å². The molecule has 10 heteroatoms. The molecule has 0 aliphatic carbocycles. The van der Waals surface area contributed by atoms with E-state index in [-0.39, 0.29) is 23.0 Å². The second-order valence-electron chi connectivity index (χ2n) is 9.16. The van der Waals surface area contributed by atoms with E-state index < -0.39 is 28.5 Å². The van der Waals surface area contributed by atoms with Gasteiger partial charge in [-0.3, -0.25) is 13.9 Å². The topological polar surface area (TPSA) is 86.8 Å². The van der Waals surface area contributed by atoms with E-state index in [1.807, 2.05) is 20.8 Å². The number of amides is 2. The number of hydrogen-bond donors (Lipinski definition) is 1. The highest BCUT2D eigenvalue weighted by Gasteiger charge is 2.33. The first-order chi connectivity index (χ1) is 18.6. The van der Waals surface area contributed by atoms with E-state index in [0.717, 1.165) is 21.9 Å². The van der Waals surface area contributed by atoms with Gasteiger partial charge >= 0.3 is 0 Å². The predicted molar refractivity (Wildman–Crippen MR) is 157 cm³/mol. The standard InChI is InChI=1S/C29H33Cl2N3O4S/c1-4-18-32-29(36)27(5-2)33(19-22-8-10-23(30)11-9-22)28(35)20-34(25-14-12-24(31)13-15-25)39(37,38)26-16-6-21(3)7-17-26/h6-17,27H,4-5,18-20H2,1-3H3,(H,32,36). The number of rotatable bonds is 12. The average Bonchev–Trinajstić information content (AvgIpc) is 2.92. The number of hydrogen-bond acceptors (Lipinski definition) is 4. The Balaban J connectivity index is 2.03. The van der Waals surface area contributed by atoms with Crippen molar-refractivity contribution >= 4 is 50.7 Å². The van der Waals surface area contributed by atoms with Crippen LogP contribution in [0.1, 0.15) is 37.8 Å². The van der Waals surface area contributed by atoms with Gasteiger partial charge in [0, 0.05) is 23.1 Å². The minimum absolute atomic E-state index is 0.0489. The number of sulfonamides is 1. The lowest BCUT2D eigenvalue weighted by molar-refractivity contribution is -0.140. The highest BCUT2D eigenvalue weighted by Crippen LogP contribution is 2.26. The minimum atomic E-state index is -4.13. The first-order valence-corrected chi connectivity index (χ1v) is 14.9. The van der Waals surface area contributed by atoms with Gasteiger partial charge in [0.2, 0.25) is 11.8 Å². The van der Waals surface area contributed by atoms with E-state index in [2.05, 4.69) is 5.32 Å². The summed E-state index contributed by atoms with van der Waals surface area (Å²) in [7, 11) is -4.13. The van der Waals surface area contributed by atoms with Crippen LogP contribution < -0.4 is 9.62 Å². The summed E-state index contributed by atoms with van der Waals surface area (Å²) in [5, 5.41) is 3.84. The Morgan fingerprint density at radius 1 is 0.872 bits per heavy atom. The highest BCUT2D eigenvalue weighted by molar-refractivity contribution is 7.92. The van der Waals surface area contributed by atoms with E-state index in [1.165, 1.54) is 17.0 Å². The van der Waals surface area contributed by atoms with Crippen LogP contribution >= 0.6 is 23.2 Å². The van der Waals surface area contributed by atoms with E-state index >= 15 is 0 Å². The fourth-order valence-electron chi connectivity index (χ4n) is 4.05. The van der Waals surface area contributed by atoms with Crippen molar-refractivity contribution in [1.82, 2.24) is 10.2 Å². The lowest BCUT2D eigenvalue weighted by Gasteiger charge is -2.33. The van der Waals surface area contributed by atoms with E-state index in [9.17, 15) is 18.0 Å². The van der Waals surface area contributed by atoms with Crippen molar-refractivity contribution in [3.8, 4) is 0 Å². The van der Waals surface area contributed by atoms with Gasteiger partial charge in [0.1, 0.15) is 12.6 Å². The number of benzene rings is 3. The first-order valence-electron chi connectivity index (χ1n) is 12.7. The fourth-order valence-corrected chi connectivity index (χ4v) is 5.71. The van der Waals surface area contributed by atoms with Crippen molar-refractivity contribution in [2.24, 2.45) is 0 Å². The molecule has 2 amide bonds. The van der Waals surface area contributed by atoms with Crippen molar-refractivity contribution in [1.29, 1.82) is 0 Å². The maximum absolute atomic E-state index is 14.0. The van der Waals surface area contributed by atoms with Crippen molar-refractivity contribution in [3.63, 3.8) is 0 Å². The van der Waals surface area contributed by atoms with Gasteiger partial charge in [-0.05, 0) is 73.9 Å². The fraction of sp³-hybridized carbons (Fsp3) is 0.310. The Morgan fingerprint density at radius 2 is 1.44 bits per heavy atom. The summed E-state index contributed by atoms with van der Waals surface area (Å²) in [6.45, 7) is 5.68. The molecule has 0 fully saturated rings. The molecule has 0 spiro atoms. The number of carbonyl (C=O) groups excluding carboxylic acids is 2. The van der Waals surface area contributed by atoms with E-state index in [1.54, 1.807) is 60.7 Å². The van der Waals surface area contributed by atoms with Gasteiger partial charge in [0.15, 0.2) is 0 Å². The van der Waals surface area contributed by atoms with Gasteiger partial charge < -0.3 is 10.2 Å². The van der Waals surface area contributed by atoms with Gasteiger partial charge in [0.05, 0.1) is 10.6 Å². The summed E-state index contributed by atoms with van der Waals surface area (Å²) < 4.78 is 28.7. The van der Waals surface area contributed by atoms with Crippen molar-refractivity contribution in [2.45, 2.75) is 51.1 Å². The Labute approximate surface area is 240 Å². The monoisotopic (exact) mass is 589 g/mol. The molecule has 7 nitrogen and oxygen atoms in total. The lowest BCUT2D eigenvalue weighted by atomic mass is 10.1. The SMILES string of the molecule is CCCNC(=O)C(CC)N(Cc1ccc(Cl)cc1)C(=O)CN(c1ccc(Cl)cc1)S(=O)(=O)c1ccc(C)cc1. The molecule has 0 aliphatic rings. The third-order valence-corrected chi connectivity index (χ3v) is 8.50. The van der Waals surface area contributed by atoms with Gasteiger partial charge in [0.25, 0.3) is 10.0 Å². The summed E-state index contributed by atoms with van der Waals surface area (Å²) in [4.78, 5) is 28.5. The molecule has 0 heterocycles. The van der Waals surface area contributed by atoms with Crippen molar-refractivity contribution < 1.29 is 18.0 Å². The Hall–Kier alpha value is -3.07. The molecule has 0 saturated heterocycles. The molecular formula is C29H33Cl2N3O4S. The summed E-state index contributed by atoms with van der Waals surface area (Å²) in [6, 6.07) is 18.8. The lowest BCUT2D eigenvalue weighted by Crippen LogP contribution is -2.52. The summed E-state index contributed by atoms with van der Waals surface area (Å²) in [5.74, 6) is -0.810. The van der Waals surface area contributed by atoms with Crippen LogP contribution in [0.3, 0.4) is 0 Å². The predicted octanol–water partition coefficient (Wildman–Crippen LogP) is 5.83. The number of nitrogens with one attached hydrogen (secondary N) is 1. The third kappa shape index (κ3) is 7.97. The largest absolute Gasteiger partial charge is 0.354 e. The molecule has 1 N–H and O–H groups in total. The average molecular weight is 591 g/mol. The smallest absolute Gasteiger partial charge is 0.264 e. The number of nitrogens with zero attached hydrogens (tertiary/aromatic N) is 2. The Kier molecular flexibility index (Phi) is 10.8. The Morgan fingerprint density at radius 3 is 1.97 bits per heavy atom. The molecule has 1 atom stereocenters. The normalized spacial score (nSPS) is 12.0. The van der Waals surface area contributed by atoms with E-state index in [4.69, 9.17) is 23.2 Å². The maximum atomic E-state index is 14.0. The van der Waals surface area contributed by atoms with Crippen LogP contribution in [-0.4, -0.2) is 44.3 Å². The maximum Gasteiger partial charge on any atom is 0.264 e. The first kappa shape index (κ1) is 30.5. The highest BCUT2D eigenvalue weighted by atomic mass is 35.5. The zero-order valence-corrected chi connectivity index (χ0v) is 24.6. The van der Waals surface area contributed by atoms with Crippen LogP contribution in [0.25, 0.3) is 0 Å². The molecule has 0 aliphatic heterocycles. The zero-order valence-electron chi connectivity index (χ0n) is 22.2. The molecule has 0 radical (unpaired) electrons.